The average molecular weight is 372 g/mol. The van der Waals surface area contributed by atoms with Gasteiger partial charge in [0.05, 0.1) is 14.2 Å². The van der Waals surface area contributed by atoms with Crippen LogP contribution < -0.4 is 20.1 Å². The summed E-state index contributed by atoms with van der Waals surface area (Å²) in [6.45, 7) is 1.96. The van der Waals surface area contributed by atoms with Crippen molar-refractivity contribution in [1.29, 1.82) is 0 Å². The van der Waals surface area contributed by atoms with Crippen LogP contribution in [0.1, 0.15) is 43.0 Å². The molecule has 2 atom stereocenters. The maximum absolute atomic E-state index is 13.3. The van der Waals surface area contributed by atoms with Gasteiger partial charge in [0, 0.05) is 17.6 Å². The number of nitrogens with one attached hydrogen (secondary N) is 2. The number of halogens is 1. The zero-order valence-electron chi connectivity index (χ0n) is 15.8. The number of amides is 1. The lowest BCUT2D eigenvalue weighted by molar-refractivity contribution is -0.123. The molecule has 2 aromatic carbocycles. The van der Waals surface area contributed by atoms with Crippen molar-refractivity contribution in [3.05, 3.63) is 59.4 Å². The van der Waals surface area contributed by atoms with Gasteiger partial charge < -0.3 is 14.8 Å². The molecule has 1 saturated carbocycles. The van der Waals surface area contributed by atoms with E-state index in [0.29, 0.717) is 17.1 Å². The van der Waals surface area contributed by atoms with Crippen molar-refractivity contribution in [2.45, 2.75) is 37.9 Å². The highest BCUT2D eigenvalue weighted by atomic mass is 19.1. The van der Waals surface area contributed by atoms with Gasteiger partial charge in [-0.25, -0.2) is 4.39 Å². The Bertz CT molecular complexity index is 791. The number of methoxy groups -OCH3 is 2. The zero-order valence-corrected chi connectivity index (χ0v) is 15.8. The second kappa shape index (κ2) is 8.39. The van der Waals surface area contributed by atoms with Crippen LogP contribution in [0.2, 0.25) is 0 Å². The Morgan fingerprint density at radius 3 is 2.41 bits per heavy atom. The van der Waals surface area contributed by atoms with Crippen LogP contribution >= 0.6 is 0 Å². The van der Waals surface area contributed by atoms with E-state index in [1.165, 1.54) is 12.1 Å². The average Bonchev–Trinajstić information content (AvgIpc) is 3.50. The van der Waals surface area contributed by atoms with Crippen molar-refractivity contribution >= 4 is 5.91 Å². The van der Waals surface area contributed by atoms with Gasteiger partial charge >= 0.3 is 0 Å². The van der Waals surface area contributed by atoms with E-state index in [4.69, 9.17) is 9.47 Å². The molecule has 27 heavy (non-hydrogen) atoms. The largest absolute Gasteiger partial charge is 0.497 e. The van der Waals surface area contributed by atoms with Gasteiger partial charge in [-0.3, -0.25) is 10.1 Å². The Balaban J connectivity index is 1.86. The Hall–Kier alpha value is -2.60. The van der Waals surface area contributed by atoms with Crippen molar-refractivity contribution in [2.24, 2.45) is 0 Å². The van der Waals surface area contributed by atoms with Gasteiger partial charge in [-0.1, -0.05) is 12.1 Å². The summed E-state index contributed by atoms with van der Waals surface area (Å²) in [4.78, 5) is 12.8. The minimum atomic E-state index is -0.600. The molecule has 0 radical (unpaired) electrons. The summed E-state index contributed by atoms with van der Waals surface area (Å²) in [5.74, 6) is 0.969. The molecule has 0 bridgehead atoms. The summed E-state index contributed by atoms with van der Waals surface area (Å²) >= 11 is 0. The highest BCUT2D eigenvalue weighted by Crippen LogP contribution is 2.31. The Labute approximate surface area is 158 Å². The minimum Gasteiger partial charge on any atom is -0.497 e. The topological polar surface area (TPSA) is 59.6 Å². The molecule has 5 nitrogen and oxygen atoms in total. The standard InChI is InChI=1S/C21H25FN2O3/c1-13(18-12-17(26-2)10-11-19(18)27-3)23-20(21(25)24-16-8-9-16)14-4-6-15(22)7-5-14/h4-7,10-13,16,20,23H,8-9H2,1-3H3,(H,24,25). The van der Waals surface area contributed by atoms with Crippen molar-refractivity contribution in [1.82, 2.24) is 10.6 Å². The summed E-state index contributed by atoms with van der Waals surface area (Å²) in [6, 6.07) is 11.0. The van der Waals surface area contributed by atoms with Crippen LogP contribution in [-0.2, 0) is 4.79 Å². The normalized spacial score (nSPS) is 15.7. The van der Waals surface area contributed by atoms with E-state index >= 15 is 0 Å². The minimum absolute atomic E-state index is 0.113. The number of carbonyl (C=O) groups excluding carboxylic acids is 1. The van der Waals surface area contributed by atoms with Gasteiger partial charge in [0.25, 0.3) is 0 Å². The summed E-state index contributed by atoms with van der Waals surface area (Å²) < 4.78 is 24.1. The van der Waals surface area contributed by atoms with Crippen LogP contribution in [0.3, 0.4) is 0 Å². The fraction of sp³-hybridized carbons (Fsp3) is 0.381. The number of rotatable bonds is 8. The third-order valence-electron chi connectivity index (χ3n) is 4.71. The fourth-order valence-corrected chi connectivity index (χ4v) is 3.01. The Morgan fingerprint density at radius 2 is 1.81 bits per heavy atom. The monoisotopic (exact) mass is 372 g/mol. The summed E-state index contributed by atoms with van der Waals surface area (Å²) in [6.07, 6.45) is 2.00. The van der Waals surface area contributed by atoms with Gasteiger partial charge in [-0.05, 0) is 55.7 Å². The van der Waals surface area contributed by atoms with Gasteiger partial charge in [0.1, 0.15) is 23.4 Å². The third kappa shape index (κ3) is 4.77. The molecule has 1 amide bonds. The SMILES string of the molecule is COc1ccc(OC)c(C(C)NC(C(=O)NC2CC2)c2ccc(F)cc2)c1. The van der Waals surface area contributed by atoms with E-state index in [9.17, 15) is 9.18 Å². The smallest absolute Gasteiger partial charge is 0.241 e. The van der Waals surface area contributed by atoms with Crippen LogP contribution in [-0.4, -0.2) is 26.2 Å². The molecule has 1 fully saturated rings. The molecular weight excluding hydrogens is 347 g/mol. The summed E-state index contributed by atoms with van der Waals surface area (Å²) in [7, 11) is 3.21. The highest BCUT2D eigenvalue weighted by Gasteiger charge is 2.30. The van der Waals surface area contributed by atoms with Gasteiger partial charge in [0.2, 0.25) is 5.91 Å². The first-order chi connectivity index (χ1) is 13.0. The van der Waals surface area contributed by atoms with Gasteiger partial charge in [-0.15, -0.1) is 0 Å². The van der Waals surface area contributed by atoms with Crippen LogP contribution in [0, 0.1) is 5.82 Å². The molecular formula is C21H25FN2O3. The number of hydrogen-bond acceptors (Lipinski definition) is 4. The van der Waals surface area contributed by atoms with Crippen molar-refractivity contribution in [3.8, 4) is 11.5 Å². The van der Waals surface area contributed by atoms with Crippen molar-refractivity contribution in [2.75, 3.05) is 14.2 Å². The lowest BCUT2D eigenvalue weighted by atomic mass is 10.0. The van der Waals surface area contributed by atoms with E-state index in [-0.39, 0.29) is 23.8 Å². The molecule has 1 aliphatic carbocycles. The molecule has 0 aliphatic heterocycles. The van der Waals surface area contributed by atoms with Crippen LogP contribution in [0.5, 0.6) is 11.5 Å². The Morgan fingerprint density at radius 1 is 1.11 bits per heavy atom. The second-order valence-corrected chi connectivity index (χ2v) is 6.76. The first-order valence-corrected chi connectivity index (χ1v) is 9.05. The molecule has 6 heteroatoms. The zero-order chi connectivity index (χ0) is 19.4. The first-order valence-electron chi connectivity index (χ1n) is 9.05. The Kier molecular flexibility index (Phi) is 5.96. The maximum Gasteiger partial charge on any atom is 0.241 e. The summed E-state index contributed by atoms with van der Waals surface area (Å²) in [5, 5.41) is 6.38. The molecule has 2 aromatic rings. The number of ether oxygens (including phenoxy) is 2. The molecule has 0 heterocycles. The number of hydrogen-bond donors (Lipinski definition) is 2. The quantitative estimate of drug-likeness (QED) is 0.744. The predicted octanol–water partition coefficient (Wildman–Crippen LogP) is 3.51. The van der Waals surface area contributed by atoms with Crippen LogP contribution in [0.25, 0.3) is 0 Å². The van der Waals surface area contributed by atoms with Gasteiger partial charge in [0.15, 0.2) is 0 Å². The molecule has 0 aromatic heterocycles. The number of carbonyl (C=O) groups is 1. The summed E-state index contributed by atoms with van der Waals surface area (Å²) in [5.41, 5.74) is 1.59. The van der Waals surface area contributed by atoms with E-state index in [1.54, 1.807) is 26.4 Å². The maximum atomic E-state index is 13.3. The first kappa shape index (κ1) is 19.2. The third-order valence-corrected chi connectivity index (χ3v) is 4.71. The molecule has 3 rings (SSSR count). The van der Waals surface area contributed by atoms with Gasteiger partial charge in [-0.2, -0.15) is 0 Å². The molecule has 0 saturated heterocycles. The highest BCUT2D eigenvalue weighted by molar-refractivity contribution is 5.83. The number of benzene rings is 2. The van der Waals surface area contributed by atoms with E-state index < -0.39 is 6.04 Å². The predicted molar refractivity (Wildman–Crippen MR) is 101 cm³/mol. The molecule has 1 aliphatic rings. The fourth-order valence-electron chi connectivity index (χ4n) is 3.01. The lowest BCUT2D eigenvalue weighted by Crippen LogP contribution is -2.39. The van der Waals surface area contributed by atoms with E-state index in [0.717, 1.165) is 18.4 Å². The van der Waals surface area contributed by atoms with Crippen molar-refractivity contribution in [3.63, 3.8) is 0 Å². The van der Waals surface area contributed by atoms with E-state index in [2.05, 4.69) is 10.6 Å². The molecule has 2 N–H and O–H groups in total. The molecule has 2 unspecified atom stereocenters. The second-order valence-electron chi connectivity index (χ2n) is 6.76. The van der Waals surface area contributed by atoms with Crippen LogP contribution in [0.4, 0.5) is 4.39 Å². The molecule has 0 spiro atoms. The van der Waals surface area contributed by atoms with Crippen LogP contribution in [0.15, 0.2) is 42.5 Å². The van der Waals surface area contributed by atoms with Crippen molar-refractivity contribution < 1.29 is 18.7 Å². The molecule has 144 valence electrons. The van der Waals surface area contributed by atoms with E-state index in [1.807, 2.05) is 25.1 Å². The lowest BCUT2D eigenvalue weighted by Gasteiger charge is -2.25.